The minimum Gasteiger partial charge on any atom is -0.392 e. The zero-order valence-corrected chi connectivity index (χ0v) is 8.41. The van der Waals surface area contributed by atoms with Crippen LogP contribution in [0.2, 0.25) is 0 Å². The molecule has 0 aliphatic rings. The SMILES string of the molecule is C=CCOCC=C.CCC(O)CN. The quantitative estimate of drug-likeness (QED) is 0.483. The van der Waals surface area contributed by atoms with Crippen molar-refractivity contribution in [3.63, 3.8) is 0 Å². The van der Waals surface area contributed by atoms with Crippen molar-refractivity contribution in [2.75, 3.05) is 19.8 Å². The molecule has 0 radical (unpaired) electrons. The summed E-state index contributed by atoms with van der Waals surface area (Å²) in [5.41, 5.74) is 5.03. The molecule has 0 fully saturated rings. The molecule has 1 unspecified atom stereocenters. The second kappa shape index (κ2) is 13.9. The highest BCUT2D eigenvalue weighted by atomic mass is 16.5. The lowest BCUT2D eigenvalue weighted by Crippen LogP contribution is -2.17. The van der Waals surface area contributed by atoms with E-state index in [1.54, 1.807) is 12.2 Å². The minimum absolute atomic E-state index is 0.287. The highest BCUT2D eigenvalue weighted by Crippen LogP contribution is 1.81. The van der Waals surface area contributed by atoms with Crippen LogP contribution in [0.25, 0.3) is 0 Å². The Morgan fingerprint density at radius 1 is 1.38 bits per heavy atom. The summed E-state index contributed by atoms with van der Waals surface area (Å²) in [4.78, 5) is 0. The number of hydrogen-bond donors (Lipinski definition) is 2. The van der Waals surface area contributed by atoms with Crippen molar-refractivity contribution in [1.29, 1.82) is 0 Å². The van der Waals surface area contributed by atoms with Gasteiger partial charge in [-0.15, -0.1) is 13.2 Å². The molecule has 78 valence electrons. The topological polar surface area (TPSA) is 55.5 Å². The molecule has 0 heterocycles. The molecule has 0 saturated heterocycles. The Morgan fingerprint density at radius 2 is 1.85 bits per heavy atom. The Bertz CT molecular complexity index is 103. The fourth-order valence-electron chi connectivity index (χ4n) is 0.401. The Morgan fingerprint density at radius 3 is 2.00 bits per heavy atom. The van der Waals surface area contributed by atoms with Gasteiger partial charge in [0.2, 0.25) is 0 Å². The number of hydrogen-bond acceptors (Lipinski definition) is 3. The first-order valence-electron chi connectivity index (χ1n) is 4.40. The summed E-state index contributed by atoms with van der Waals surface area (Å²) < 4.78 is 4.90. The molecule has 3 nitrogen and oxygen atoms in total. The monoisotopic (exact) mass is 187 g/mol. The van der Waals surface area contributed by atoms with Gasteiger partial charge in [0, 0.05) is 6.54 Å². The molecule has 0 aliphatic heterocycles. The summed E-state index contributed by atoms with van der Waals surface area (Å²) in [6.45, 7) is 10.5. The van der Waals surface area contributed by atoms with Gasteiger partial charge in [-0.1, -0.05) is 19.1 Å². The molecule has 0 aromatic carbocycles. The van der Waals surface area contributed by atoms with E-state index in [1.807, 2.05) is 6.92 Å². The van der Waals surface area contributed by atoms with Crippen LogP contribution in [-0.2, 0) is 4.74 Å². The smallest absolute Gasteiger partial charge is 0.0659 e. The molecule has 13 heavy (non-hydrogen) atoms. The average Bonchev–Trinajstić information content (AvgIpc) is 2.18. The first-order chi connectivity index (χ1) is 6.22. The van der Waals surface area contributed by atoms with Gasteiger partial charge >= 0.3 is 0 Å². The Hall–Kier alpha value is -0.640. The highest BCUT2D eigenvalue weighted by molar-refractivity contribution is 4.68. The molecule has 0 aromatic rings. The van der Waals surface area contributed by atoms with Crippen LogP contribution in [0, 0.1) is 0 Å². The zero-order valence-electron chi connectivity index (χ0n) is 8.41. The van der Waals surface area contributed by atoms with Crippen LogP contribution in [-0.4, -0.2) is 31.0 Å². The van der Waals surface area contributed by atoms with Gasteiger partial charge in [-0.05, 0) is 6.42 Å². The summed E-state index contributed by atoms with van der Waals surface area (Å²) in [5.74, 6) is 0. The summed E-state index contributed by atoms with van der Waals surface area (Å²) in [6, 6.07) is 0. The van der Waals surface area contributed by atoms with Crippen molar-refractivity contribution in [2.45, 2.75) is 19.4 Å². The molecule has 0 aromatic heterocycles. The van der Waals surface area contributed by atoms with Crippen molar-refractivity contribution in [3.05, 3.63) is 25.3 Å². The molecule has 0 amide bonds. The van der Waals surface area contributed by atoms with Gasteiger partial charge in [-0.3, -0.25) is 0 Å². The number of aliphatic hydroxyl groups is 1. The second-order valence-electron chi connectivity index (χ2n) is 2.41. The molecular formula is C10H21NO2. The Labute approximate surface area is 80.9 Å². The van der Waals surface area contributed by atoms with Crippen molar-refractivity contribution < 1.29 is 9.84 Å². The van der Waals surface area contributed by atoms with E-state index < -0.39 is 0 Å². The van der Waals surface area contributed by atoms with Crippen LogP contribution < -0.4 is 5.73 Å². The summed E-state index contributed by atoms with van der Waals surface area (Å²) in [6.07, 6.45) is 3.90. The van der Waals surface area contributed by atoms with Crippen LogP contribution in [0.15, 0.2) is 25.3 Å². The van der Waals surface area contributed by atoms with Crippen LogP contribution in [0.4, 0.5) is 0 Å². The van der Waals surface area contributed by atoms with Crippen molar-refractivity contribution in [2.24, 2.45) is 5.73 Å². The lowest BCUT2D eigenvalue weighted by Gasteiger charge is -1.98. The molecule has 1 atom stereocenters. The van der Waals surface area contributed by atoms with E-state index in [1.165, 1.54) is 0 Å². The van der Waals surface area contributed by atoms with Gasteiger partial charge in [0.05, 0.1) is 19.3 Å². The summed E-state index contributed by atoms with van der Waals surface area (Å²) in [7, 11) is 0. The summed E-state index contributed by atoms with van der Waals surface area (Å²) >= 11 is 0. The number of aliphatic hydroxyl groups excluding tert-OH is 1. The van der Waals surface area contributed by atoms with Crippen molar-refractivity contribution >= 4 is 0 Å². The molecule has 0 saturated carbocycles. The van der Waals surface area contributed by atoms with Gasteiger partial charge in [0.1, 0.15) is 0 Å². The zero-order chi connectivity index (χ0) is 10.5. The number of rotatable bonds is 6. The predicted octanol–water partition coefficient (Wildman–Crippen LogP) is 1.09. The molecule has 3 N–H and O–H groups in total. The van der Waals surface area contributed by atoms with E-state index in [-0.39, 0.29) is 6.10 Å². The van der Waals surface area contributed by atoms with E-state index in [0.717, 1.165) is 6.42 Å². The highest BCUT2D eigenvalue weighted by Gasteiger charge is 1.90. The minimum atomic E-state index is -0.287. The molecule has 3 heteroatoms. The van der Waals surface area contributed by atoms with Gasteiger partial charge in [0.25, 0.3) is 0 Å². The third-order valence-electron chi connectivity index (χ3n) is 1.21. The standard InChI is InChI=1S/C6H10O.C4H11NO/c1-3-5-7-6-4-2;1-2-4(6)3-5/h3-4H,1-2,5-6H2;4,6H,2-3,5H2,1H3. The lowest BCUT2D eigenvalue weighted by molar-refractivity contribution is 0.179. The third-order valence-corrected chi connectivity index (χ3v) is 1.21. The molecule has 0 rings (SSSR count). The molecule has 0 aliphatic carbocycles. The van der Waals surface area contributed by atoms with Crippen LogP contribution in [0.5, 0.6) is 0 Å². The molecule has 0 spiro atoms. The van der Waals surface area contributed by atoms with Crippen molar-refractivity contribution in [1.82, 2.24) is 0 Å². The third kappa shape index (κ3) is 18.4. The van der Waals surface area contributed by atoms with Crippen LogP contribution in [0.3, 0.4) is 0 Å². The van der Waals surface area contributed by atoms with E-state index in [0.29, 0.717) is 19.8 Å². The Balaban J connectivity index is 0. The van der Waals surface area contributed by atoms with E-state index in [4.69, 9.17) is 15.6 Å². The fourth-order valence-corrected chi connectivity index (χ4v) is 0.401. The molecular weight excluding hydrogens is 166 g/mol. The van der Waals surface area contributed by atoms with Crippen LogP contribution >= 0.6 is 0 Å². The van der Waals surface area contributed by atoms with Crippen molar-refractivity contribution in [3.8, 4) is 0 Å². The van der Waals surface area contributed by atoms with E-state index >= 15 is 0 Å². The predicted molar refractivity (Wildman–Crippen MR) is 56.6 cm³/mol. The maximum absolute atomic E-state index is 8.54. The van der Waals surface area contributed by atoms with E-state index in [9.17, 15) is 0 Å². The Kier molecular flexibility index (Phi) is 15.9. The largest absolute Gasteiger partial charge is 0.392 e. The number of ether oxygens (including phenoxy) is 1. The molecule has 0 bridgehead atoms. The van der Waals surface area contributed by atoms with Gasteiger partial charge in [0.15, 0.2) is 0 Å². The lowest BCUT2D eigenvalue weighted by atomic mass is 10.3. The second-order valence-corrected chi connectivity index (χ2v) is 2.41. The van der Waals surface area contributed by atoms with Gasteiger partial charge in [-0.25, -0.2) is 0 Å². The average molecular weight is 187 g/mol. The van der Waals surface area contributed by atoms with Gasteiger partial charge < -0.3 is 15.6 Å². The fraction of sp³-hybridized carbons (Fsp3) is 0.600. The first-order valence-corrected chi connectivity index (χ1v) is 4.40. The normalized spacial score (nSPS) is 11.0. The van der Waals surface area contributed by atoms with E-state index in [2.05, 4.69) is 13.2 Å². The van der Waals surface area contributed by atoms with Gasteiger partial charge in [-0.2, -0.15) is 0 Å². The van der Waals surface area contributed by atoms with Crippen LogP contribution in [0.1, 0.15) is 13.3 Å². The number of nitrogens with two attached hydrogens (primary N) is 1. The summed E-state index contributed by atoms with van der Waals surface area (Å²) in [5, 5.41) is 8.54. The maximum atomic E-state index is 8.54. The maximum Gasteiger partial charge on any atom is 0.0659 e. The first kappa shape index (κ1) is 14.9.